The number of aliphatic hydroxyl groups excluding tert-OH is 1. The normalized spacial score (nSPS) is 20.3. The van der Waals surface area contributed by atoms with E-state index in [1.165, 1.54) is 15.6 Å². The molecule has 1 aliphatic heterocycles. The molecule has 50 heavy (non-hydrogen) atoms. The summed E-state index contributed by atoms with van der Waals surface area (Å²) in [6, 6.07) is 5.35. The molecule has 1 unspecified atom stereocenters. The Kier molecular flexibility index (Phi) is 12.6. The number of aliphatic hydroxyl groups is 1. The van der Waals surface area contributed by atoms with Gasteiger partial charge in [0.25, 0.3) is 5.56 Å². The van der Waals surface area contributed by atoms with Gasteiger partial charge in [-0.1, -0.05) is 13.8 Å². The van der Waals surface area contributed by atoms with Crippen molar-refractivity contribution in [1.82, 2.24) is 39.3 Å². The fraction of sp³-hybridized carbons (Fsp3) is 0.481. The maximum atomic E-state index is 15.8. The summed E-state index contributed by atoms with van der Waals surface area (Å²) in [6.45, 7) is -1.47. The third-order valence-electron chi connectivity index (χ3n) is 7.14. The minimum Gasteiger partial charge on any atom is -0.388 e. The molecule has 1 amide bonds. The number of nitrogens with one attached hydrogen (secondary N) is 2. The van der Waals surface area contributed by atoms with Crippen LogP contribution in [0.5, 0.6) is 0 Å². The Morgan fingerprint density at radius 2 is 2.04 bits per heavy atom. The Bertz CT molecular complexity index is 1960. The van der Waals surface area contributed by atoms with Crippen LogP contribution in [0.4, 0.5) is 10.3 Å². The van der Waals surface area contributed by atoms with Gasteiger partial charge in [0.05, 0.1) is 45.2 Å². The van der Waals surface area contributed by atoms with Crippen LogP contribution in [0.2, 0.25) is 0 Å². The molecule has 4 aromatic rings. The number of aromatic nitrogens is 8. The highest BCUT2D eigenvalue weighted by Crippen LogP contribution is 2.51. The summed E-state index contributed by atoms with van der Waals surface area (Å²) < 4.78 is 58.3. The van der Waals surface area contributed by atoms with Crippen LogP contribution in [0.1, 0.15) is 32.3 Å². The maximum Gasteiger partial charge on any atom is 0.327 e. The van der Waals surface area contributed by atoms with Gasteiger partial charge in [0.15, 0.2) is 41.3 Å². The van der Waals surface area contributed by atoms with Gasteiger partial charge >= 0.3 is 15.4 Å². The van der Waals surface area contributed by atoms with Gasteiger partial charge < -0.3 is 23.4 Å². The van der Waals surface area contributed by atoms with Crippen LogP contribution < -0.4 is 10.9 Å². The number of alkyl halides is 1. The van der Waals surface area contributed by atoms with Gasteiger partial charge in [-0.15, -0.1) is 0 Å². The van der Waals surface area contributed by atoms with Gasteiger partial charge in [-0.25, -0.2) is 23.6 Å². The second-order valence-corrected chi connectivity index (χ2v) is 14.2. The molecule has 0 radical (unpaired) electrons. The van der Waals surface area contributed by atoms with Crippen molar-refractivity contribution in [2.75, 3.05) is 25.1 Å². The summed E-state index contributed by atoms with van der Waals surface area (Å²) in [4.78, 5) is 43.9. The van der Waals surface area contributed by atoms with Crippen LogP contribution >= 0.6 is 15.4 Å². The van der Waals surface area contributed by atoms with E-state index in [0.29, 0.717) is 11.4 Å². The highest BCUT2D eigenvalue weighted by Gasteiger charge is 2.49. The van der Waals surface area contributed by atoms with E-state index in [1.54, 1.807) is 38.4 Å². The highest BCUT2D eigenvalue weighted by atomic mass is 32.5. The molecule has 1 saturated heterocycles. The van der Waals surface area contributed by atoms with Crippen molar-refractivity contribution >= 4 is 50.2 Å². The number of carbonyl (C=O) groups is 1. The number of ether oxygens (including phenoxy) is 1. The number of H-pyrrole nitrogens is 1. The second-order valence-electron chi connectivity index (χ2n) is 10.8. The number of carbonyl (C=O) groups excluding carboxylic acids is 1. The molecule has 0 spiro atoms. The number of nitrogens with zero attached hydrogens (tertiary/aromatic N) is 8. The molecule has 5 rings (SSSR count). The van der Waals surface area contributed by atoms with Crippen LogP contribution in [0.15, 0.2) is 35.6 Å². The Labute approximate surface area is 289 Å². The minimum atomic E-state index is -3.65. The Morgan fingerprint density at radius 1 is 1.28 bits per heavy atom. The molecular formula is C27H31FN10O9P2S. The van der Waals surface area contributed by atoms with Crippen LogP contribution in [0, 0.1) is 17.2 Å². The Morgan fingerprint density at radius 3 is 2.74 bits per heavy atom. The summed E-state index contributed by atoms with van der Waals surface area (Å²) in [5, 5.41) is 25.7. The van der Waals surface area contributed by atoms with Gasteiger partial charge in [-0.2, -0.15) is 15.3 Å². The van der Waals surface area contributed by atoms with Gasteiger partial charge in [-0.3, -0.25) is 34.0 Å². The summed E-state index contributed by atoms with van der Waals surface area (Å²) in [5.41, 5.74) is -0.205. The first kappa shape index (κ1) is 37.3. The summed E-state index contributed by atoms with van der Waals surface area (Å²) in [7, 11) is -0.858. The molecule has 1 fully saturated rings. The van der Waals surface area contributed by atoms with E-state index in [-0.39, 0.29) is 49.1 Å². The zero-order valence-corrected chi connectivity index (χ0v) is 29.1. The number of halogens is 1. The lowest BCUT2D eigenvalue weighted by atomic mass is 10.1. The van der Waals surface area contributed by atoms with Crippen molar-refractivity contribution in [2.24, 2.45) is 5.92 Å². The molecular weight excluding hydrogens is 721 g/mol. The lowest BCUT2D eigenvalue weighted by Crippen LogP contribution is -2.31. The number of pyridine rings is 1. The van der Waals surface area contributed by atoms with Crippen molar-refractivity contribution in [2.45, 2.75) is 58.0 Å². The molecule has 0 saturated carbocycles. The standard InChI is InChI=1S/C27H31FN10O9P2S/c1-15(2)24(40)34-27-33-23-20(25(41)35-27)31-14-37(23)26-21(47-48-42)19(28)17(46-26)13-45-49(50,43-10-3-6-29)44-11-9-38-18(12-39)32-22(36-38)16-4-7-30-8-5-16/h4-5,7-8,14-15,17,19,21,26,39H,3,9-13H2,1-2H3,(H2,33,34,35,40,41)/t17-,19-,21-,26-,49?/m1/s1. The number of aromatic amines is 1. The first-order valence-electron chi connectivity index (χ1n) is 15.0. The Balaban J connectivity index is 1.31. The fourth-order valence-corrected chi connectivity index (χ4v) is 6.78. The number of amides is 1. The molecule has 19 nitrogen and oxygen atoms in total. The fourth-order valence-electron chi connectivity index (χ4n) is 4.66. The largest absolute Gasteiger partial charge is 0.388 e. The van der Waals surface area contributed by atoms with E-state index in [9.17, 15) is 19.3 Å². The molecule has 23 heteroatoms. The van der Waals surface area contributed by atoms with Crippen molar-refractivity contribution in [3.8, 4) is 17.5 Å². The van der Waals surface area contributed by atoms with Crippen LogP contribution in [-0.2, 0) is 57.1 Å². The van der Waals surface area contributed by atoms with E-state index in [1.807, 2.05) is 6.07 Å². The number of nitriles is 1. The second kappa shape index (κ2) is 16.8. The summed E-state index contributed by atoms with van der Waals surface area (Å²) >= 11 is 5.56. The zero-order valence-electron chi connectivity index (χ0n) is 26.5. The van der Waals surface area contributed by atoms with Crippen LogP contribution in [0.3, 0.4) is 0 Å². The van der Waals surface area contributed by atoms with Crippen molar-refractivity contribution in [3.63, 3.8) is 0 Å². The minimum absolute atomic E-state index is 0.0379. The number of anilines is 1. The molecule has 0 aliphatic carbocycles. The molecule has 0 bridgehead atoms. The third-order valence-corrected chi connectivity index (χ3v) is 9.88. The lowest BCUT2D eigenvalue weighted by molar-refractivity contribution is -0.118. The van der Waals surface area contributed by atoms with E-state index in [0.717, 1.165) is 0 Å². The predicted molar refractivity (Wildman–Crippen MR) is 174 cm³/mol. The van der Waals surface area contributed by atoms with Crippen molar-refractivity contribution < 1.29 is 41.7 Å². The first-order chi connectivity index (χ1) is 24.1. The van der Waals surface area contributed by atoms with E-state index in [2.05, 4.69) is 35.3 Å². The Hall–Kier alpha value is -3.96. The number of rotatable bonds is 17. The molecule has 3 N–H and O–H groups in total. The van der Waals surface area contributed by atoms with Gasteiger partial charge in [-0.05, 0) is 23.9 Å². The van der Waals surface area contributed by atoms with Crippen LogP contribution in [0.25, 0.3) is 22.6 Å². The van der Waals surface area contributed by atoms with E-state index in [4.69, 9.17) is 39.9 Å². The van der Waals surface area contributed by atoms with Gasteiger partial charge in [0.2, 0.25) is 11.9 Å². The zero-order chi connectivity index (χ0) is 35.8. The molecule has 1 aliphatic rings. The summed E-state index contributed by atoms with van der Waals surface area (Å²) in [5.74, 6) is -0.389. The average molecular weight is 753 g/mol. The summed E-state index contributed by atoms with van der Waals surface area (Å²) in [6.07, 6.45) is -1.87. The number of hydrogen-bond donors (Lipinski definition) is 3. The van der Waals surface area contributed by atoms with Gasteiger partial charge in [0.1, 0.15) is 12.7 Å². The van der Waals surface area contributed by atoms with Crippen molar-refractivity contribution in [3.05, 3.63) is 47.0 Å². The SMILES string of the molecule is CC(C)C(=O)Nc1nc2c(ncn2[C@@H]2O[C@H](COP(=S)(OCCC#N)OCCn3nc(-c4ccncc4)nc3CO)[C@@H](F)[C@H]2OP=O)c(=O)[nH]1. The number of imidazole rings is 1. The van der Waals surface area contributed by atoms with E-state index < -0.39 is 70.6 Å². The quantitative estimate of drug-likeness (QED) is 0.104. The molecule has 4 aromatic heterocycles. The van der Waals surface area contributed by atoms with Gasteiger partial charge in [0, 0.05) is 23.9 Å². The first-order valence-corrected chi connectivity index (χ1v) is 18.3. The monoisotopic (exact) mass is 752 g/mol. The smallest absolute Gasteiger partial charge is 0.327 e. The molecule has 5 atom stereocenters. The average Bonchev–Trinajstić information content (AvgIpc) is 3.80. The number of fused-ring (bicyclic) bond motifs is 1. The van der Waals surface area contributed by atoms with Crippen molar-refractivity contribution in [1.29, 1.82) is 5.26 Å². The lowest BCUT2D eigenvalue weighted by Gasteiger charge is -2.23. The highest BCUT2D eigenvalue weighted by molar-refractivity contribution is 8.07. The third kappa shape index (κ3) is 8.66. The number of hydrogen-bond acceptors (Lipinski definition) is 16. The molecule has 5 heterocycles. The maximum absolute atomic E-state index is 15.8. The molecule has 0 aromatic carbocycles. The van der Waals surface area contributed by atoms with E-state index >= 15 is 4.39 Å². The van der Waals surface area contributed by atoms with Crippen LogP contribution in [-0.4, -0.2) is 88.5 Å². The predicted octanol–water partition coefficient (Wildman–Crippen LogP) is 2.58. The molecule has 266 valence electrons. The topological polar surface area (TPSA) is 244 Å².